The number of pyridine rings is 1. The Kier molecular flexibility index (Phi) is 6.83. The molecule has 0 saturated heterocycles. The number of benzene rings is 2. The summed E-state index contributed by atoms with van der Waals surface area (Å²) in [5, 5.41) is 11.9. The lowest BCUT2D eigenvalue weighted by Crippen LogP contribution is -2.16. The molecule has 1 N–H and O–H groups in total. The van der Waals surface area contributed by atoms with E-state index in [1.54, 1.807) is 47.3 Å². The van der Waals surface area contributed by atoms with E-state index in [4.69, 9.17) is 11.6 Å². The van der Waals surface area contributed by atoms with Crippen LogP contribution < -0.4 is 5.32 Å². The fourth-order valence-corrected chi connectivity index (χ4v) is 4.22. The molecule has 0 spiro atoms. The van der Waals surface area contributed by atoms with Gasteiger partial charge in [0.2, 0.25) is 5.91 Å². The Balaban J connectivity index is 1.59. The van der Waals surface area contributed by atoms with Gasteiger partial charge in [-0.3, -0.25) is 14.3 Å². The van der Waals surface area contributed by atoms with Gasteiger partial charge in [-0.05, 0) is 58.4 Å². The van der Waals surface area contributed by atoms with Gasteiger partial charge in [0.15, 0.2) is 16.8 Å². The first-order chi connectivity index (χ1) is 15.4. The maximum Gasteiger partial charge on any atom is 0.234 e. The number of aromatic nitrogens is 4. The first-order valence-electron chi connectivity index (χ1n) is 9.11. The largest absolute Gasteiger partial charge is 0.322 e. The lowest BCUT2D eigenvalue weighted by atomic mass is 10.2. The van der Waals surface area contributed by atoms with E-state index in [-0.39, 0.29) is 15.9 Å². The molecule has 2 aromatic carbocycles. The normalized spacial score (nSPS) is 10.9. The van der Waals surface area contributed by atoms with Gasteiger partial charge in [-0.25, -0.2) is 8.78 Å². The summed E-state index contributed by atoms with van der Waals surface area (Å²) in [5.41, 5.74) is 1.35. The zero-order valence-corrected chi connectivity index (χ0v) is 19.3. The predicted molar refractivity (Wildman–Crippen MR) is 123 cm³/mol. The van der Waals surface area contributed by atoms with Gasteiger partial charge in [-0.2, -0.15) is 0 Å². The first-order valence-corrected chi connectivity index (χ1v) is 11.3. The van der Waals surface area contributed by atoms with Crippen LogP contribution in [0.4, 0.5) is 14.5 Å². The highest BCUT2D eigenvalue weighted by Crippen LogP contribution is 2.30. The number of hydrogen-bond donors (Lipinski definition) is 1. The lowest BCUT2D eigenvalue weighted by molar-refractivity contribution is -0.113. The number of carbonyl (C=O) groups is 1. The Hall–Kier alpha value is -2.82. The fourth-order valence-electron chi connectivity index (χ4n) is 2.84. The molecule has 1 amide bonds. The minimum absolute atomic E-state index is 0.0813. The summed E-state index contributed by atoms with van der Waals surface area (Å²) >= 11 is 10.2. The molecule has 0 saturated carbocycles. The zero-order valence-electron chi connectivity index (χ0n) is 16.1. The van der Waals surface area contributed by atoms with E-state index >= 15 is 0 Å². The van der Waals surface area contributed by atoms with E-state index in [2.05, 4.69) is 36.4 Å². The van der Waals surface area contributed by atoms with Crippen LogP contribution in [0.5, 0.6) is 0 Å². The maximum atomic E-state index is 14.0. The van der Waals surface area contributed by atoms with Crippen molar-refractivity contribution in [1.82, 2.24) is 19.7 Å². The van der Waals surface area contributed by atoms with E-state index in [9.17, 15) is 13.6 Å². The molecule has 4 aromatic rings. The highest BCUT2D eigenvalue weighted by atomic mass is 79.9. The third-order valence-electron chi connectivity index (χ3n) is 4.24. The Bertz CT molecular complexity index is 1250. The van der Waals surface area contributed by atoms with Crippen molar-refractivity contribution in [3.8, 4) is 17.1 Å². The Morgan fingerprint density at radius 1 is 1.16 bits per heavy atom. The van der Waals surface area contributed by atoms with Gasteiger partial charge >= 0.3 is 0 Å². The average molecular weight is 537 g/mol. The molecule has 2 aromatic heterocycles. The highest BCUT2D eigenvalue weighted by Gasteiger charge is 2.19. The molecule has 0 unspecified atom stereocenters. The zero-order chi connectivity index (χ0) is 22.7. The highest BCUT2D eigenvalue weighted by molar-refractivity contribution is 9.10. The van der Waals surface area contributed by atoms with E-state index in [0.717, 1.165) is 29.1 Å². The van der Waals surface area contributed by atoms with Gasteiger partial charge in [0.1, 0.15) is 5.82 Å². The van der Waals surface area contributed by atoms with Crippen molar-refractivity contribution in [2.24, 2.45) is 0 Å². The Labute approximate surface area is 199 Å². The molecule has 0 aliphatic carbocycles. The molecule has 11 heteroatoms. The summed E-state index contributed by atoms with van der Waals surface area (Å²) < 4.78 is 29.2. The number of nitrogens with zero attached hydrogens (tertiary/aromatic N) is 4. The lowest BCUT2D eigenvalue weighted by Gasteiger charge is -2.11. The monoisotopic (exact) mass is 535 g/mol. The standard InChI is InChI=1S/C21H13BrClF2N5OS/c22-16-8-14(24)9-17(25)19(16)27-18(31)11-32-21-29-28-20(12-2-1-7-26-10-12)30(21)15-5-3-13(23)4-6-15/h1-10H,11H2,(H,27,31). The molecule has 162 valence electrons. The van der Waals surface area contributed by atoms with Crippen molar-refractivity contribution in [2.75, 3.05) is 11.1 Å². The van der Waals surface area contributed by atoms with Crippen molar-refractivity contribution in [1.29, 1.82) is 0 Å². The second-order valence-electron chi connectivity index (χ2n) is 6.44. The van der Waals surface area contributed by atoms with Crippen LogP contribution in [0, 0.1) is 11.6 Å². The summed E-state index contributed by atoms with van der Waals surface area (Å²) in [6.07, 6.45) is 3.31. The van der Waals surface area contributed by atoms with E-state index in [1.165, 1.54) is 0 Å². The molecular weight excluding hydrogens is 524 g/mol. The SMILES string of the molecule is O=C(CSc1nnc(-c2cccnc2)n1-c1ccc(Cl)cc1)Nc1c(F)cc(F)cc1Br. The molecule has 0 aliphatic rings. The average Bonchev–Trinajstić information content (AvgIpc) is 3.20. The van der Waals surface area contributed by atoms with Gasteiger partial charge in [0, 0.05) is 39.2 Å². The molecule has 6 nitrogen and oxygen atoms in total. The van der Waals surface area contributed by atoms with E-state index in [1.807, 2.05) is 6.07 Å². The number of rotatable bonds is 6. The van der Waals surface area contributed by atoms with E-state index < -0.39 is 17.5 Å². The van der Waals surface area contributed by atoms with Crippen LogP contribution in [0.2, 0.25) is 5.02 Å². The Morgan fingerprint density at radius 3 is 2.62 bits per heavy atom. The summed E-state index contributed by atoms with van der Waals surface area (Å²) in [6.45, 7) is 0. The number of anilines is 1. The predicted octanol–water partition coefficient (Wildman–Crippen LogP) is 5.75. The summed E-state index contributed by atoms with van der Waals surface area (Å²) in [4.78, 5) is 16.6. The second-order valence-corrected chi connectivity index (χ2v) is 8.67. The van der Waals surface area contributed by atoms with Crippen molar-refractivity contribution < 1.29 is 13.6 Å². The second kappa shape index (κ2) is 9.76. The number of nitrogens with one attached hydrogen (secondary N) is 1. The molecule has 0 bridgehead atoms. The third kappa shape index (κ3) is 4.98. The molecule has 0 fully saturated rings. The fraction of sp³-hybridized carbons (Fsp3) is 0.0476. The van der Waals surface area contributed by atoms with Crippen molar-refractivity contribution in [3.05, 3.63) is 82.1 Å². The third-order valence-corrected chi connectivity index (χ3v) is 6.05. The molecular formula is C21H13BrClF2N5OS. The van der Waals surface area contributed by atoms with Crippen LogP contribution in [-0.4, -0.2) is 31.4 Å². The Morgan fingerprint density at radius 2 is 1.94 bits per heavy atom. The molecule has 2 heterocycles. The van der Waals surface area contributed by atoms with Crippen molar-refractivity contribution in [2.45, 2.75) is 5.16 Å². The van der Waals surface area contributed by atoms with Gasteiger partial charge in [-0.1, -0.05) is 23.4 Å². The van der Waals surface area contributed by atoms with Crippen LogP contribution in [0.25, 0.3) is 17.1 Å². The van der Waals surface area contributed by atoms with Crippen LogP contribution in [0.3, 0.4) is 0 Å². The minimum Gasteiger partial charge on any atom is -0.322 e. The van der Waals surface area contributed by atoms with Gasteiger partial charge in [0.25, 0.3) is 0 Å². The first kappa shape index (κ1) is 22.4. The molecule has 4 rings (SSSR count). The van der Waals surface area contributed by atoms with Crippen molar-refractivity contribution in [3.63, 3.8) is 0 Å². The summed E-state index contributed by atoms with van der Waals surface area (Å²) in [6, 6.07) is 12.5. The number of carbonyl (C=O) groups excluding carboxylic acids is 1. The molecule has 0 radical (unpaired) electrons. The smallest absolute Gasteiger partial charge is 0.234 e. The van der Waals surface area contributed by atoms with Crippen LogP contribution in [0.1, 0.15) is 0 Å². The van der Waals surface area contributed by atoms with Gasteiger partial charge in [-0.15, -0.1) is 10.2 Å². The minimum atomic E-state index is -0.876. The van der Waals surface area contributed by atoms with Gasteiger partial charge < -0.3 is 5.32 Å². The number of halogens is 4. The van der Waals surface area contributed by atoms with E-state index in [0.29, 0.717) is 22.1 Å². The quantitative estimate of drug-likeness (QED) is 0.318. The van der Waals surface area contributed by atoms with Crippen LogP contribution >= 0.6 is 39.3 Å². The molecule has 32 heavy (non-hydrogen) atoms. The van der Waals surface area contributed by atoms with Gasteiger partial charge in [0.05, 0.1) is 11.4 Å². The van der Waals surface area contributed by atoms with Crippen molar-refractivity contribution >= 4 is 50.9 Å². The van der Waals surface area contributed by atoms with Crippen LogP contribution in [-0.2, 0) is 4.79 Å². The summed E-state index contributed by atoms with van der Waals surface area (Å²) in [7, 11) is 0. The maximum absolute atomic E-state index is 14.0. The topological polar surface area (TPSA) is 72.7 Å². The number of amides is 1. The molecule has 0 atom stereocenters. The number of thioether (sulfide) groups is 1. The molecule has 0 aliphatic heterocycles. The summed E-state index contributed by atoms with van der Waals surface area (Å²) in [5.74, 6) is -1.66. The number of hydrogen-bond acceptors (Lipinski definition) is 5. The van der Waals surface area contributed by atoms with Crippen LogP contribution in [0.15, 0.2) is 70.6 Å².